The average molecular weight is 408 g/mol. The lowest BCUT2D eigenvalue weighted by atomic mass is 10.1. The van der Waals surface area contributed by atoms with Crippen LogP contribution in [0.25, 0.3) is 22.7 Å². The van der Waals surface area contributed by atoms with Crippen LogP contribution in [0.1, 0.15) is 11.4 Å². The molecule has 0 saturated carbocycles. The van der Waals surface area contributed by atoms with Crippen LogP contribution in [0, 0.1) is 23.7 Å². The fourth-order valence-corrected chi connectivity index (χ4v) is 3.05. The lowest BCUT2D eigenvalue weighted by Gasteiger charge is -2.12. The quantitative estimate of drug-likeness (QED) is 0.502. The van der Waals surface area contributed by atoms with Crippen molar-refractivity contribution in [3.8, 4) is 29.9 Å². The van der Waals surface area contributed by atoms with Gasteiger partial charge in [-0.05, 0) is 51.8 Å². The first-order valence-corrected chi connectivity index (χ1v) is 8.46. The Labute approximate surface area is 159 Å². The summed E-state index contributed by atoms with van der Waals surface area (Å²) in [6.07, 6.45) is 6.97. The highest BCUT2D eigenvalue weighted by molar-refractivity contribution is 9.10. The van der Waals surface area contributed by atoms with E-state index in [2.05, 4.69) is 37.9 Å². The molecule has 3 aromatic rings. The number of nitrogens with one attached hydrogen (secondary N) is 1. The van der Waals surface area contributed by atoms with Crippen LogP contribution in [0.5, 0.6) is 11.5 Å². The number of nitriles is 1. The molecule has 2 aromatic carbocycles. The van der Waals surface area contributed by atoms with Crippen molar-refractivity contribution in [2.45, 2.75) is 0 Å². The summed E-state index contributed by atoms with van der Waals surface area (Å²) in [5, 5.41) is 9.56. The molecule has 26 heavy (non-hydrogen) atoms. The first-order valence-electron chi connectivity index (χ1n) is 7.67. The van der Waals surface area contributed by atoms with Crippen LogP contribution in [0.2, 0.25) is 0 Å². The number of H-pyrrole nitrogens is 1. The summed E-state index contributed by atoms with van der Waals surface area (Å²) >= 11 is 3.46. The van der Waals surface area contributed by atoms with Crippen molar-refractivity contribution in [1.29, 1.82) is 5.26 Å². The van der Waals surface area contributed by atoms with E-state index in [1.54, 1.807) is 19.3 Å². The van der Waals surface area contributed by atoms with Gasteiger partial charge in [-0.3, -0.25) is 0 Å². The number of para-hydroxylation sites is 2. The number of hydrogen-bond acceptors (Lipinski definition) is 4. The summed E-state index contributed by atoms with van der Waals surface area (Å²) in [5.74, 6) is 3.96. The van der Waals surface area contributed by atoms with Crippen molar-refractivity contribution in [3.63, 3.8) is 0 Å². The molecule has 0 unspecified atom stereocenters. The van der Waals surface area contributed by atoms with Gasteiger partial charge in [0, 0.05) is 0 Å². The van der Waals surface area contributed by atoms with Gasteiger partial charge < -0.3 is 14.5 Å². The molecule has 0 aliphatic carbocycles. The summed E-state index contributed by atoms with van der Waals surface area (Å²) < 4.78 is 11.6. The summed E-state index contributed by atoms with van der Waals surface area (Å²) in [6.45, 7) is 0.132. The van der Waals surface area contributed by atoms with Crippen LogP contribution in [-0.4, -0.2) is 23.7 Å². The maximum Gasteiger partial charge on any atom is 0.176 e. The summed E-state index contributed by atoms with van der Waals surface area (Å²) in [4.78, 5) is 7.62. The SMILES string of the molecule is C#CCOc1c(Br)cc(C=C(C#N)c2nc3ccccc3[nH]2)cc1OC. The van der Waals surface area contributed by atoms with E-state index in [-0.39, 0.29) is 6.61 Å². The van der Waals surface area contributed by atoms with E-state index in [9.17, 15) is 5.26 Å². The summed E-state index contributed by atoms with van der Waals surface area (Å²) in [6, 6.07) is 13.4. The largest absolute Gasteiger partial charge is 0.493 e. The van der Waals surface area contributed by atoms with Gasteiger partial charge >= 0.3 is 0 Å². The molecule has 0 radical (unpaired) electrons. The minimum Gasteiger partial charge on any atom is -0.493 e. The molecule has 3 rings (SSSR count). The van der Waals surface area contributed by atoms with E-state index in [4.69, 9.17) is 15.9 Å². The number of methoxy groups -OCH3 is 1. The third-order valence-corrected chi connectivity index (χ3v) is 4.22. The van der Waals surface area contributed by atoms with Crippen LogP contribution in [0.15, 0.2) is 40.9 Å². The van der Waals surface area contributed by atoms with Crippen LogP contribution in [0.4, 0.5) is 0 Å². The first-order chi connectivity index (χ1) is 12.7. The van der Waals surface area contributed by atoms with Crippen LogP contribution in [0.3, 0.4) is 0 Å². The van der Waals surface area contributed by atoms with Crippen LogP contribution < -0.4 is 9.47 Å². The second kappa shape index (κ2) is 7.77. The van der Waals surface area contributed by atoms with Gasteiger partial charge in [0.15, 0.2) is 11.5 Å². The molecule has 0 bridgehead atoms. The number of benzene rings is 2. The molecule has 0 spiro atoms. The van der Waals surface area contributed by atoms with E-state index in [1.807, 2.05) is 30.3 Å². The lowest BCUT2D eigenvalue weighted by Crippen LogP contribution is -1.98. The van der Waals surface area contributed by atoms with E-state index < -0.39 is 0 Å². The van der Waals surface area contributed by atoms with Crippen molar-refractivity contribution in [2.24, 2.45) is 0 Å². The van der Waals surface area contributed by atoms with Gasteiger partial charge in [0.25, 0.3) is 0 Å². The third kappa shape index (κ3) is 3.56. The molecule has 1 aromatic heterocycles. The van der Waals surface area contributed by atoms with Crippen LogP contribution in [-0.2, 0) is 0 Å². The van der Waals surface area contributed by atoms with Gasteiger partial charge in [0.05, 0.1) is 28.2 Å². The second-order valence-corrected chi connectivity index (χ2v) is 6.15. The molecule has 0 fully saturated rings. The number of nitrogens with zero attached hydrogens (tertiary/aromatic N) is 2. The molecule has 0 amide bonds. The van der Waals surface area contributed by atoms with Gasteiger partial charge in [0.1, 0.15) is 18.5 Å². The molecule has 5 nitrogen and oxygen atoms in total. The Morgan fingerprint density at radius 3 is 2.88 bits per heavy atom. The lowest BCUT2D eigenvalue weighted by molar-refractivity contribution is 0.329. The standard InChI is InChI=1S/C20H14BrN3O2/c1-3-8-26-19-15(21)10-13(11-18(19)25-2)9-14(12-22)20-23-16-6-4-5-7-17(16)24-20/h1,4-7,9-11H,8H2,2H3,(H,23,24). The predicted octanol–water partition coefficient (Wildman–Crippen LogP) is 4.41. The average Bonchev–Trinajstić information content (AvgIpc) is 3.08. The Morgan fingerprint density at radius 2 is 2.19 bits per heavy atom. The van der Waals surface area contributed by atoms with Gasteiger partial charge in [0.2, 0.25) is 0 Å². The molecule has 0 atom stereocenters. The van der Waals surface area contributed by atoms with Crippen molar-refractivity contribution in [3.05, 3.63) is 52.3 Å². The molecular formula is C20H14BrN3O2. The van der Waals surface area contributed by atoms with E-state index >= 15 is 0 Å². The van der Waals surface area contributed by atoms with Crippen molar-refractivity contribution in [2.75, 3.05) is 13.7 Å². The number of aromatic nitrogens is 2. The normalized spacial score (nSPS) is 11.0. The first kappa shape index (κ1) is 17.6. The number of aromatic amines is 1. The minimum atomic E-state index is 0.132. The maximum atomic E-state index is 9.56. The molecule has 0 aliphatic heterocycles. The Hall–Kier alpha value is -3.22. The van der Waals surface area contributed by atoms with E-state index in [0.29, 0.717) is 27.4 Å². The number of terminal acetylenes is 1. The fraction of sp³-hybridized carbons (Fsp3) is 0.100. The minimum absolute atomic E-state index is 0.132. The van der Waals surface area contributed by atoms with E-state index in [1.165, 1.54) is 0 Å². The molecule has 1 N–H and O–H groups in total. The van der Waals surface area contributed by atoms with E-state index in [0.717, 1.165) is 16.6 Å². The molecule has 0 aliphatic rings. The number of halogens is 1. The summed E-state index contributed by atoms with van der Waals surface area (Å²) in [7, 11) is 1.54. The summed E-state index contributed by atoms with van der Waals surface area (Å²) in [5.41, 5.74) is 2.85. The second-order valence-electron chi connectivity index (χ2n) is 5.30. The number of ether oxygens (including phenoxy) is 2. The third-order valence-electron chi connectivity index (χ3n) is 3.63. The number of hydrogen-bond donors (Lipinski definition) is 1. The zero-order chi connectivity index (χ0) is 18.5. The fourth-order valence-electron chi connectivity index (χ4n) is 2.48. The van der Waals surface area contributed by atoms with Crippen molar-refractivity contribution < 1.29 is 9.47 Å². The molecule has 1 heterocycles. The zero-order valence-electron chi connectivity index (χ0n) is 13.9. The molecule has 0 saturated heterocycles. The highest BCUT2D eigenvalue weighted by Crippen LogP contribution is 2.37. The predicted molar refractivity (Wildman–Crippen MR) is 105 cm³/mol. The zero-order valence-corrected chi connectivity index (χ0v) is 15.5. The maximum absolute atomic E-state index is 9.56. The molecule has 6 heteroatoms. The molecular weight excluding hydrogens is 394 g/mol. The van der Waals surface area contributed by atoms with Gasteiger partial charge in [-0.15, -0.1) is 6.42 Å². The molecule has 128 valence electrons. The number of imidazole rings is 1. The highest BCUT2D eigenvalue weighted by atomic mass is 79.9. The van der Waals surface area contributed by atoms with Crippen LogP contribution >= 0.6 is 15.9 Å². The number of allylic oxidation sites excluding steroid dienone is 1. The smallest absolute Gasteiger partial charge is 0.176 e. The number of rotatable bonds is 5. The van der Waals surface area contributed by atoms with Gasteiger partial charge in [-0.25, -0.2) is 4.98 Å². The Balaban J connectivity index is 2.03. The van der Waals surface area contributed by atoms with Crippen molar-refractivity contribution >= 4 is 38.6 Å². The Morgan fingerprint density at radius 1 is 1.38 bits per heavy atom. The number of fused-ring (bicyclic) bond motifs is 1. The Kier molecular flexibility index (Phi) is 5.26. The highest BCUT2D eigenvalue weighted by Gasteiger charge is 2.13. The van der Waals surface area contributed by atoms with Crippen molar-refractivity contribution in [1.82, 2.24) is 9.97 Å². The van der Waals surface area contributed by atoms with Gasteiger partial charge in [-0.1, -0.05) is 18.1 Å². The monoisotopic (exact) mass is 407 g/mol. The Bertz CT molecular complexity index is 1040. The van der Waals surface area contributed by atoms with Gasteiger partial charge in [-0.2, -0.15) is 5.26 Å². The topological polar surface area (TPSA) is 70.9 Å².